The number of ether oxygens (including phenoxy) is 1. The molecule has 2 heterocycles. The number of benzene rings is 1. The second-order valence-electron chi connectivity index (χ2n) is 5.34. The Hall–Kier alpha value is -2.74. The molecule has 2 aromatic heterocycles. The average Bonchev–Trinajstić information content (AvgIpc) is 3.08. The maximum absolute atomic E-state index is 12.7. The summed E-state index contributed by atoms with van der Waals surface area (Å²) in [5.41, 5.74) is 1.44. The van der Waals surface area contributed by atoms with Gasteiger partial charge in [-0.05, 0) is 23.8 Å². The fraction of sp³-hybridized carbons (Fsp3) is 0.235. The zero-order chi connectivity index (χ0) is 17.7. The van der Waals surface area contributed by atoms with Crippen LogP contribution in [0.25, 0.3) is 11.3 Å². The van der Waals surface area contributed by atoms with Crippen molar-refractivity contribution in [1.82, 2.24) is 19.7 Å². The van der Waals surface area contributed by atoms with Crippen molar-refractivity contribution >= 4 is 0 Å². The molecule has 5 nitrogen and oxygen atoms in total. The Kier molecular flexibility index (Phi) is 5.08. The largest absolute Gasteiger partial charge is 0.416 e. The number of nitrogens with zero attached hydrogens (tertiary/aromatic N) is 4. The summed E-state index contributed by atoms with van der Waals surface area (Å²) in [4.78, 5) is 8.00. The Bertz CT molecular complexity index is 818. The van der Waals surface area contributed by atoms with Gasteiger partial charge in [0.2, 0.25) is 0 Å². The molecule has 0 aliphatic carbocycles. The van der Waals surface area contributed by atoms with Gasteiger partial charge in [0.15, 0.2) is 0 Å². The van der Waals surface area contributed by atoms with Crippen molar-refractivity contribution in [1.29, 1.82) is 0 Å². The first kappa shape index (κ1) is 17.1. The maximum atomic E-state index is 12.7. The van der Waals surface area contributed by atoms with Crippen molar-refractivity contribution in [3.8, 4) is 11.3 Å². The highest BCUT2D eigenvalue weighted by molar-refractivity contribution is 5.55. The molecular weight excluding hydrogens is 333 g/mol. The summed E-state index contributed by atoms with van der Waals surface area (Å²) >= 11 is 0. The molecule has 0 unspecified atom stereocenters. The zero-order valence-corrected chi connectivity index (χ0v) is 13.1. The summed E-state index contributed by atoms with van der Waals surface area (Å²) in [6.07, 6.45) is 2.29. The number of hydrogen-bond donors (Lipinski definition) is 0. The monoisotopic (exact) mass is 348 g/mol. The van der Waals surface area contributed by atoms with Gasteiger partial charge in [-0.1, -0.05) is 12.1 Å². The lowest BCUT2D eigenvalue weighted by molar-refractivity contribution is -0.137. The van der Waals surface area contributed by atoms with E-state index in [-0.39, 0.29) is 6.61 Å². The van der Waals surface area contributed by atoms with E-state index in [0.717, 1.165) is 23.4 Å². The quantitative estimate of drug-likeness (QED) is 0.639. The van der Waals surface area contributed by atoms with Gasteiger partial charge in [-0.25, -0.2) is 9.97 Å². The van der Waals surface area contributed by atoms with Crippen LogP contribution in [0.2, 0.25) is 0 Å². The number of hydrogen-bond acceptors (Lipinski definition) is 4. The highest BCUT2D eigenvalue weighted by Crippen LogP contribution is 2.29. The fourth-order valence-corrected chi connectivity index (χ4v) is 2.27. The van der Waals surface area contributed by atoms with Gasteiger partial charge in [0, 0.05) is 18.0 Å². The van der Waals surface area contributed by atoms with E-state index in [4.69, 9.17) is 4.74 Å². The minimum atomic E-state index is -4.34. The van der Waals surface area contributed by atoms with Gasteiger partial charge in [-0.2, -0.15) is 18.3 Å². The highest BCUT2D eigenvalue weighted by Gasteiger charge is 2.30. The molecule has 0 radical (unpaired) electrons. The summed E-state index contributed by atoms with van der Waals surface area (Å²) < 4.78 is 45.1. The van der Waals surface area contributed by atoms with Crippen molar-refractivity contribution in [3.63, 3.8) is 0 Å². The van der Waals surface area contributed by atoms with E-state index >= 15 is 0 Å². The van der Waals surface area contributed by atoms with Gasteiger partial charge < -0.3 is 4.74 Å². The van der Waals surface area contributed by atoms with E-state index in [1.54, 1.807) is 29.2 Å². The van der Waals surface area contributed by atoms with Gasteiger partial charge in [0.25, 0.3) is 0 Å². The van der Waals surface area contributed by atoms with Crippen LogP contribution in [0.15, 0.2) is 55.2 Å². The first-order valence-electron chi connectivity index (χ1n) is 7.55. The summed E-state index contributed by atoms with van der Waals surface area (Å²) in [7, 11) is 0. The van der Waals surface area contributed by atoms with Gasteiger partial charge >= 0.3 is 6.18 Å². The smallest absolute Gasteiger partial charge is 0.375 e. The third kappa shape index (κ3) is 4.63. The number of aromatic nitrogens is 4. The van der Waals surface area contributed by atoms with Crippen LogP contribution in [0.4, 0.5) is 13.2 Å². The summed E-state index contributed by atoms with van der Waals surface area (Å²) in [5, 5.41) is 4.21. The Labute approximate surface area is 142 Å². The molecule has 0 saturated carbocycles. The van der Waals surface area contributed by atoms with E-state index in [2.05, 4.69) is 15.1 Å². The third-order valence-corrected chi connectivity index (χ3v) is 3.50. The lowest BCUT2D eigenvalue weighted by atomic mass is 10.1. The standard InChI is InChI=1S/C17H15F3N4O/c18-17(19,20)15-3-1-2-13(8-15)11-25-7-6-24-10-14(9-23-24)16-4-5-21-12-22-16/h1-5,8-10,12H,6-7,11H2. The van der Waals surface area contributed by atoms with E-state index in [0.29, 0.717) is 18.7 Å². The Morgan fingerprint density at radius 2 is 2.04 bits per heavy atom. The molecule has 0 fully saturated rings. The van der Waals surface area contributed by atoms with Crippen LogP contribution < -0.4 is 0 Å². The Morgan fingerprint density at radius 1 is 1.16 bits per heavy atom. The molecule has 0 aliphatic heterocycles. The van der Waals surface area contributed by atoms with Crippen molar-refractivity contribution in [2.75, 3.05) is 6.61 Å². The number of halogens is 3. The first-order valence-corrected chi connectivity index (χ1v) is 7.55. The van der Waals surface area contributed by atoms with Gasteiger partial charge in [-0.3, -0.25) is 4.68 Å². The Morgan fingerprint density at radius 3 is 2.80 bits per heavy atom. The highest BCUT2D eigenvalue weighted by atomic mass is 19.4. The van der Waals surface area contributed by atoms with Crippen molar-refractivity contribution < 1.29 is 17.9 Å². The molecule has 1 aromatic carbocycles. The minimum absolute atomic E-state index is 0.115. The van der Waals surface area contributed by atoms with Gasteiger partial charge in [-0.15, -0.1) is 0 Å². The van der Waals surface area contributed by atoms with Crippen LogP contribution in [-0.2, 0) is 24.1 Å². The Balaban J connectivity index is 1.50. The SMILES string of the molecule is FC(F)(F)c1cccc(COCCn2cc(-c3ccncn3)cn2)c1. The second kappa shape index (κ2) is 7.43. The van der Waals surface area contributed by atoms with Crippen LogP contribution in [0.5, 0.6) is 0 Å². The molecule has 0 N–H and O–H groups in total. The summed E-state index contributed by atoms with van der Waals surface area (Å²) in [5.74, 6) is 0. The molecule has 3 aromatic rings. The van der Waals surface area contributed by atoms with E-state index < -0.39 is 11.7 Å². The van der Waals surface area contributed by atoms with Crippen LogP contribution in [0.1, 0.15) is 11.1 Å². The molecule has 130 valence electrons. The lowest BCUT2D eigenvalue weighted by Gasteiger charge is -2.09. The summed E-state index contributed by atoms with van der Waals surface area (Å²) in [6.45, 7) is 0.940. The molecule has 0 saturated heterocycles. The second-order valence-corrected chi connectivity index (χ2v) is 5.34. The first-order chi connectivity index (χ1) is 12.0. The predicted octanol–water partition coefficient (Wildman–Crippen LogP) is 3.58. The third-order valence-electron chi connectivity index (χ3n) is 3.50. The number of alkyl halides is 3. The predicted molar refractivity (Wildman–Crippen MR) is 84.4 cm³/mol. The fourth-order valence-electron chi connectivity index (χ4n) is 2.27. The average molecular weight is 348 g/mol. The van der Waals surface area contributed by atoms with E-state index in [1.807, 2.05) is 6.20 Å². The van der Waals surface area contributed by atoms with Crippen LogP contribution in [0, 0.1) is 0 Å². The topological polar surface area (TPSA) is 52.8 Å². The zero-order valence-electron chi connectivity index (χ0n) is 13.1. The molecule has 8 heteroatoms. The summed E-state index contributed by atoms with van der Waals surface area (Å²) in [6, 6.07) is 6.91. The van der Waals surface area contributed by atoms with Crippen molar-refractivity contribution in [2.45, 2.75) is 19.3 Å². The molecule has 3 rings (SSSR count). The van der Waals surface area contributed by atoms with Crippen LogP contribution in [-0.4, -0.2) is 26.4 Å². The molecule has 0 amide bonds. The molecule has 0 bridgehead atoms. The van der Waals surface area contributed by atoms with Crippen LogP contribution in [0.3, 0.4) is 0 Å². The molecular formula is C17H15F3N4O. The molecule has 0 atom stereocenters. The van der Waals surface area contributed by atoms with Crippen LogP contribution >= 0.6 is 0 Å². The molecule has 0 spiro atoms. The van der Waals surface area contributed by atoms with Gasteiger partial charge in [0.05, 0.1) is 37.2 Å². The molecule has 25 heavy (non-hydrogen) atoms. The lowest BCUT2D eigenvalue weighted by Crippen LogP contribution is -2.08. The molecule has 0 aliphatic rings. The van der Waals surface area contributed by atoms with E-state index in [1.165, 1.54) is 12.4 Å². The maximum Gasteiger partial charge on any atom is 0.416 e. The van der Waals surface area contributed by atoms with Crippen molar-refractivity contribution in [3.05, 3.63) is 66.4 Å². The van der Waals surface area contributed by atoms with E-state index in [9.17, 15) is 13.2 Å². The van der Waals surface area contributed by atoms with Gasteiger partial charge in [0.1, 0.15) is 6.33 Å². The minimum Gasteiger partial charge on any atom is -0.375 e. The number of rotatable bonds is 6. The normalized spacial score (nSPS) is 11.6. The van der Waals surface area contributed by atoms with Crippen molar-refractivity contribution in [2.24, 2.45) is 0 Å².